The van der Waals surface area contributed by atoms with Crippen LogP contribution in [-0.2, 0) is 23.7 Å². The van der Waals surface area contributed by atoms with Crippen LogP contribution >= 0.6 is 0 Å². The molecular formula is C51H100O9. The van der Waals surface area contributed by atoms with Crippen LogP contribution in [0.1, 0.15) is 258 Å². The summed E-state index contributed by atoms with van der Waals surface area (Å²) >= 11 is 0. The van der Waals surface area contributed by atoms with E-state index in [1.54, 1.807) is 0 Å². The van der Waals surface area contributed by atoms with Gasteiger partial charge in [-0.25, -0.2) is 0 Å². The van der Waals surface area contributed by atoms with Crippen LogP contribution in [0.25, 0.3) is 0 Å². The summed E-state index contributed by atoms with van der Waals surface area (Å²) in [5, 5.41) is 40.2. The molecule has 0 aromatic carbocycles. The Bertz CT molecular complexity index is 889. The van der Waals surface area contributed by atoms with Crippen LogP contribution < -0.4 is 0 Å². The van der Waals surface area contributed by atoms with Gasteiger partial charge in [-0.2, -0.15) is 0 Å². The predicted molar refractivity (Wildman–Crippen MR) is 247 cm³/mol. The van der Waals surface area contributed by atoms with Crippen molar-refractivity contribution in [3.63, 3.8) is 0 Å². The highest BCUT2D eigenvalue weighted by molar-refractivity contribution is 5.69. The fraction of sp³-hybridized carbons (Fsp3) is 0.980. The second-order valence-corrected chi connectivity index (χ2v) is 18.3. The standard InChI is InChI=1S/C51H100O9/c1-3-5-7-9-11-13-15-16-17-18-19-20-21-22-23-24-25-26-27-28-29-31-33-35-37-39-41-57-43-45(44-58-51-50(56)49(55)48(54)46(42-52)60-51)59-47(53)40-38-36-34-32-30-14-12-10-8-6-4-2/h45-46,48-52,54-56H,3-44H2,1-2H3. The molecule has 0 aliphatic carbocycles. The highest BCUT2D eigenvalue weighted by Crippen LogP contribution is 2.23. The van der Waals surface area contributed by atoms with E-state index in [4.69, 9.17) is 18.9 Å². The first kappa shape index (κ1) is 57.2. The zero-order chi connectivity index (χ0) is 43.6. The lowest BCUT2D eigenvalue weighted by Gasteiger charge is -2.39. The lowest BCUT2D eigenvalue weighted by molar-refractivity contribution is -0.305. The largest absolute Gasteiger partial charge is 0.457 e. The van der Waals surface area contributed by atoms with E-state index in [9.17, 15) is 25.2 Å². The fourth-order valence-electron chi connectivity index (χ4n) is 8.44. The topological polar surface area (TPSA) is 135 Å². The molecule has 6 unspecified atom stereocenters. The van der Waals surface area contributed by atoms with Gasteiger partial charge in [0.1, 0.15) is 30.5 Å². The molecule has 9 heteroatoms. The van der Waals surface area contributed by atoms with E-state index >= 15 is 0 Å². The third-order valence-corrected chi connectivity index (χ3v) is 12.5. The van der Waals surface area contributed by atoms with Crippen LogP contribution in [0.2, 0.25) is 0 Å². The second-order valence-electron chi connectivity index (χ2n) is 18.3. The Morgan fingerprint density at radius 3 is 1.18 bits per heavy atom. The summed E-state index contributed by atoms with van der Waals surface area (Å²) in [5.74, 6) is -0.308. The number of carbonyl (C=O) groups excluding carboxylic acids is 1. The van der Waals surface area contributed by atoms with E-state index in [0.29, 0.717) is 13.0 Å². The van der Waals surface area contributed by atoms with Crippen LogP contribution in [0.3, 0.4) is 0 Å². The molecule has 4 N–H and O–H groups in total. The summed E-state index contributed by atoms with van der Waals surface area (Å²) in [6.45, 7) is 4.61. The van der Waals surface area contributed by atoms with Crippen LogP contribution in [0.4, 0.5) is 0 Å². The normalized spacial score (nSPS) is 19.9. The highest BCUT2D eigenvalue weighted by atomic mass is 16.7. The monoisotopic (exact) mass is 857 g/mol. The fourth-order valence-corrected chi connectivity index (χ4v) is 8.44. The van der Waals surface area contributed by atoms with Crippen molar-refractivity contribution in [2.75, 3.05) is 26.4 Å². The highest BCUT2D eigenvalue weighted by Gasteiger charge is 2.44. The summed E-state index contributed by atoms with van der Waals surface area (Å²) in [7, 11) is 0. The van der Waals surface area contributed by atoms with Crippen molar-refractivity contribution in [3.05, 3.63) is 0 Å². The smallest absolute Gasteiger partial charge is 0.306 e. The molecule has 0 spiro atoms. The Kier molecular flexibility index (Phi) is 41.4. The summed E-state index contributed by atoms with van der Waals surface area (Å²) in [4.78, 5) is 12.8. The summed E-state index contributed by atoms with van der Waals surface area (Å²) < 4.78 is 22.9. The van der Waals surface area contributed by atoms with E-state index in [2.05, 4.69) is 13.8 Å². The average Bonchev–Trinajstić information content (AvgIpc) is 3.25. The van der Waals surface area contributed by atoms with Crippen LogP contribution in [0, 0.1) is 0 Å². The number of rotatable bonds is 46. The number of aliphatic hydroxyl groups is 4. The van der Waals surface area contributed by atoms with Crippen molar-refractivity contribution < 1.29 is 44.2 Å². The van der Waals surface area contributed by atoms with E-state index in [1.807, 2.05) is 0 Å². The van der Waals surface area contributed by atoms with Gasteiger partial charge in [-0.05, 0) is 12.8 Å². The zero-order valence-electron chi connectivity index (χ0n) is 39.5. The van der Waals surface area contributed by atoms with Crippen molar-refractivity contribution in [3.8, 4) is 0 Å². The van der Waals surface area contributed by atoms with Crippen molar-refractivity contribution in [1.82, 2.24) is 0 Å². The van der Waals surface area contributed by atoms with Gasteiger partial charge in [0.25, 0.3) is 0 Å². The third-order valence-electron chi connectivity index (χ3n) is 12.5. The number of esters is 1. The molecular weight excluding hydrogens is 757 g/mol. The van der Waals surface area contributed by atoms with Gasteiger partial charge in [0.2, 0.25) is 0 Å². The van der Waals surface area contributed by atoms with E-state index < -0.39 is 43.4 Å². The second kappa shape index (κ2) is 43.4. The molecule has 0 saturated carbocycles. The number of carbonyl (C=O) groups is 1. The Morgan fingerprint density at radius 2 is 0.817 bits per heavy atom. The summed E-state index contributed by atoms with van der Waals surface area (Å²) in [6.07, 6.45) is 41.6. The van der Waals surface area contributed by atoms with E-state index in [0.717, 1.165) is 32.1 Å². The Balaban J connectivity index is 2.09. The molecule has 358 valence electrons. The Morgan fingerprint density at radius 1 is 0.467 bits per heavy atom. The number of aliphatic hydroxyl groups excluding tert-OH is 4. The molecule has 1 fully saturated rings. The van der Waals surface area contributed by atoms with Gasteiger partial charge in [-0.15, -0.1) is 0 Å². The number of hydrogen-bond acceptors (Lipinski definition) is 9. The van der Waals surface area contributed by atoms with Gasteiger partial charge in [0.05, 0.1) is 19.8 Å². The number of unbranched alkanes of at least 4 members (excludes halogenated alkanes) is 35. The maximum absolute atomic E-state index is 12.8. The average molecular weight is 857 g/mol. The Labute approximate surface area is 370 Å². The van der Waals surface area contributed by atoms with E-state index in [-0.39, 0.29) is 19.2 Å². The number of ether oxygens (including phenoxy) is 4. The lowest BCUT2D eigenvalue weighted by atomic mass is 9.99. The van der Waals surface area contributed by atoms with Gasteiger partial charge < -0.3 is 39.4 Å². The van der Waals surface area contributed by atoms with Gasteiger partial charge in [0, 0.05) is 13.0 Å². The predicted octanol–water partition coefficient (Wildman–Crippen LogP) is 12.6. The molecule has 6 atom stereocenters. The van der Waals surface area contributed by atoms with Crippen molar-refractivity contribution in [1.29, 1.82) is 0 Å². The third kappa shape index (κ3) is 33.7. The van der Waals surface area contributed by atoms with Gasteiger partial charge in [0.15, 0.2) is 6.29 Å². The molecule has 0 bridgehead atoms. The first-order valence-corrected chi connectivity index (χ1v) is 26.1. The molecule has 1 saturated heterocycles. The first-order chi connectivity index (χ1) is 29.4. The number of hydrogen-bond donors (Lipinski definition) is 4. The summed E-state index contributed by atoms with van der Waals surface area (Å²) in [6, 6.07) is 0. The molecule has 0 aromatic heterocycles. The molecule has 1 aliphatic rings. The van der Waals surface area contributed by atoms with Gasteiger partial charge in [-0.1, -0.05) is 239 Å². The van der Waals surface area contributed by atoms with Crippen LogP contribution in [-0.4, -0.2) is 89.6 Å². The van der Waals surface area contributed by atoms with Crippen molar-refractivity contribution >= 4 is 5.97 Å². The molecule has 1 heterocycles. The van der Waals surface area contributed by atoms with Crippen LogP contribution in [0.15, 0.2) is 0 Å². The summed E-state index contributed by atoms with van der Waals surface area (Å²) in [5.41, 5.74) is 0. The molecule has 1 rings (SSSR count). The maximum atomic E-state index is 12.8. The quantitative estimate of drug-likeness (QED) is 0.0348. The van der Waals surface area contributed by atoms with Crippen molar-refractivity contribution in [2.24, 2.45) is 0 Å². The Hall–Kier alpha value is -0.810. The minimum atomic E-state index is -1.53. The molecule has 9 nitrogen and oxygen atoms in total. The first-order valence-electron chi connectivity index (χ1n) is 26.1. The molecule has 0 amide bonds. The zero-order valence-corrected chi connectivity index (χ0v) is 39.5. The molecule has 1 aliphatic heterocycles. The minimum Gasteiger partial charge on any atom is -0.457 e. The van der Waals surface area contributed by atoms with Gasteiger partial charge in [-0.3, -0.25) is 4.79 Å². The van der Waals surface area contributed by atoms with Crippen LogP contribution in [0.5, 0.6) is 0 Å². The van der Waals surface area contributed by atoms with Gasteiger partial charge >= 0.3 is 5.97 Å². The molecule has 0 radical (unpaired) electrons. The molecule has 0 aromatic rings. The molecule has 60 heavy (non-hydrogen) atoms. The maximum Gasteiger partial charge on any atom is 0.306 e. The minimum absolute atomic E-state index is 0.105. The lowest BCUT2D eigenvalue weighted by Crippen LogP contribution is -2.59. The SMILES string of the molecule is CCCCCCCCCCCCCCCCCCCCCCCCCCCCOCC(COC1OC(CO)C(O)C(O)C1O)OC(=O)CCCCCCCCCCCCC. The van der Waals surface area contributed by atoms with Crippen molar-refractivity contribution in [2.45, 2.75) is 295 Å². The van der Waals surface area contributed by atoms with E-state index in [1.165, 1.54) is 205 Å².